The van der Waals surface area contributed by atoms with Crippen LogP contribution >= 0.6 is 0 Å². The SMILES string of the molecule is CCCNCc1cccc(NC(C)CCC)c1. The molecule has 1 aromatic carbocycles. The zero-order valence-corrected chi connectivity index (χ0v) is 11.4. The van der Waals surface area contributed by atoms with Crippen LogP contribution in [-0.4, -0.2) is 12.6 Å². The number of hydrogen-bond acceptors (Lipinski definition) is 2. The Morgan fingerprint density at radius 2 is 2.00 bits per heavy atom. The van der Waals surface area contributed by atoms with E-state index in [-0.39, 0.29) is 0 Å². The van der Waals surface area contributed by atoms with E-state index in [0.29, 0.717) is 6.04 Å². The van der Waals surface area contributed by atoms with Gasteiger partial charge in [-0.1, -0.05) is 32.4 Å². The van der Waals surface area contributed by atoms with Crippen molar-refractivity contribution in [1.82, 2.24) is 5.32 Å². The molecule has 0 aliphatic rings. The van der Waals surface area contributed by atoms with Crippen molar-refractivity contribution in [3.05, 3.63) is 29.8 Å². The number of nitrogens with one attached hydrogen (secondary N) is 2. The van der Waals surface area contributed by atoms with Crippen LogP contribution in [-0.2, 0) is 6.54 Å². The van der Waals surface area contributed by atoms with Gasteiger partial charge in [0, 0.05) is 18.3 Å². The van der Waals surface area contributed by atoms with Gasteiger partial charge < -0.3 is 10.6 Å². The van der Waals surface area contributed by atoms with Gasteiger partial charge in [-0.3, -0.25) is 0 Å². The molecule has 2 nitrogen and oxygen atoms in total. The van der Waals surface area contributed by atoms with E-state index in [4.69, 9.17) is 0 Å². The van der Waals surface area contributed by atoms with Gasteiger partial charge in [0.2, 0.25) is 0 Å². The van der Waals surface area contributed by atoms with Gasteiger partial charge in [0.15, 0.2) is 0 Å². The topological polar surface area (TPSA) is 24.1 Å². The fraction of sp³-hybridized carbons (Fsp3) is 0.600. The maximum Gasteiger partial charge on any atom is 0.0345 e. The van der Waals surface area contributed by atoms with E-state index in [2.05, 4.69) is 55.7 Å². The summed E-state index contributed by atoms with van der Waals surface area (Å²) in [5.41, 5.74) is 2.59. The van der Waals surface area contributed by atoms with E-state index >= 15 is 0 Å². The van der Waals surface area contributed by atoms with Crippen molar-refractivity contribution >= 4 is 5.69 Å². The molecule has 0 spiro atoms. The minimum Gasteiger partial charge on any atom is -0.383 e. The standard InChI is InChI=1S/C15H26N2/c1-4-7-13(3)17-15-9-6-8-14(11-15)12-16-10-5-2/h6,8-9,11,13,16-17H,4-5,7,10,12H2,1-3H3. The molecule has 1 rings (SSSR count). The third-order valence-corrected chi connectivity index (χ3v) is 2.82. The van der Waals surface area contributed by atoms with Gasteiger partial charge >= 0.3 is 0 Å². The van der Waals surface area contributed by atoms with Crippen LogP contribution < -0.4 is 10.6 Å². The number of benzene rings is 1. The molecule has 0 radical (unpaired) electrons. The smallest absolute Gasteiger partial charge is 0.0345 e. The molecule has 0 saturated carbocycles. The molecule has 1 atom stereocenters. The van der Waals surface area contributed by atoms with Crippen molar-refractivity contribution in [2.75, 3.05) is 11.9 Å². The Balaban J connectivity index is 2.47. The third-order valence-electron chi connectivity index (χ3n) is 2.82. The van der Waals surface area contributed by atoms with Crippen LogP contribution in [0.1, 0.15) is 45.6 Å². The van der Waals surface area contributed by atoms with Crippen LogP contribution in [0.5, 0.6) is 0 Å². The summed E-state index contributed by atoms with van der Waals surface area (Å²) in [5.74, 6) is 0. The molecular weight excluding hydrogens is 208 g/mol. The van der Waals surface area contributed by atoms with Crippen molar-refractivity contribution < 1.29 is 0 Å². The lowest BCUT2D eigenvalue weighted by molar-refractivity contribution is 0.674. The molecule has 1 unspecified atom stereocenters. The average Bonchev–Trinajstić information content (AvgIpc) is 2.30. The van der Waals surface area contributed by atoms with Crippen LogP contribution in [0.15, 0.2) is 24.3 Å². The van der Waals surface area contributed by atoms with Crippen LogP contribution in [0.25, 0.3) is 0 Å². The Bertz CT molecular complexity index is 310. The average molecular weight is 234 g/mol. The molecule has 2 N–H and O–H groups in total. The predicted octanol–water partition coefficient (Wildman–Crippen LogP) is 3.79. The van der Waals surface area contributed by atoms with Crippen molar-refractivity contribution in [1.29, 1.82) is 0 Å². The Kier molecular flexibility index (Phi) is 6.71. The Morgan fingerprint density at radius 1 is 1.18 bits per heavy atom. The van der Waals surface area contributed by atoms with Crippen molar-refractivity contribution in [2.45, 2.75) is 52.6 Å². The highest BCUT2D eigenvalue weighted by Crippen LogP contribution is 2.13. The van der Waals surface area contributed by atoms with Crippen molar-refractivity contribution in [3.8, 4) is 0 Å². The van der Waals surface area contributed by atoms with Gasteiger partial charge in [-0.15, -0.1) is 0 Å². The van der Waals surface area contributed by atoms with Gasteiger partial charge in [0.05, 0.1) is 0 Å². The van der Waals surface area contributed by atoms with Gasteiger partial charge in [0.1, 0.15) is 0 Å². The molecule has 2 heteroatoms. The van der Waals surface area contributed by atoms with E-state index in [9.17, 15) is 0 Å². The minimum absolute atomic E-state index is 0.554. The summed E-state index contributed by atoms with van der Waals surface area (Å²) in [5, 5.41) is 6.98. The van der Waals surface area contributed by atoms with Crippen LogP contribution in [0, 0.1) is 0 Å². The maximum atomic E-state index is 3.55. The van der Waals surface area contributed by atoms with Crippen LogP contribution in [0.3, 0.4) is 0 Å². The fourth-order valence-corrected chi connectivity index (χ4v) is 1.97. The number of rotatable bonds is 8. The monoisotopic (exact) mass is 234 g/mol. The minimum atomic E-state index is 0.554. The molecule has 0 amide bonds. The highest BCUT2D eigenvalue weighted by atomic mass is 14.9. The molecule has 0 saturated heterocycles. The first-order valence-electron chi connectivity index (χ1n) is 6.82. The second-order valence-corrected chi connectivity index (χ2v) is 4.71. The second-order valence-electron chi connectivity index (χ2n) is 4.71. The van der Waals surface area contributed by atoms with Crippen molar-refractivity contribution in [2.24, 2.45) is 0 Å². The molecular formula is C15H26N2. The summed E-state index contributed by atoms with van der Waals surface area (Å²) in [7, 11) is 0. The van der Waals surface area contributed by atoms with E-state index < -0.39 is 0 Å². The van der Waals surface area contributed by atoms with Crippen LogP contribution in [0.4, 0.5) is 5.69 Å². The Hall–Kier alpha value is -1.02. The summed E-state index contributed by atoms with van der Waals surface area (Å²) < 4.78 is 0. The zero-order chi connectivity index (χ0) is 12.5. The number of anilines is 1. The Morgan fingerprint density at radius 3 is 2.71 bits per heavy atom. The third kappa shape index (κ3) is 5.73. The first kappa shape index (κ1) is 14.0. The first-order valence-corrected chi connectivity index (χ1v) is 6.82. The summed E-state index contributed by atoms with van der Waals surface area (Å²) >= 11 is 0. The zero-order valence-electron chi connectivity index (χ0n) is 11.4. The molecule has 17 heavy (non-hydrogen) atoms. The van der Waals surface area contributed by atoms with E-state index in [0.717, 1.165) is 13.1 Å². The maximum absolute atomic E-state index is 3.55. The highest BCUT2D eigenvalue weighted by Gasteiger charge is 2.01. The molecule has 0 bridgehead atoms. The van der Waals surface area contributed by atoms with Gasteiger partial charge in [-0.25, -0.2) is 0 Å². The molecule has 96 valence electrons. The summed E-state index contributed by atoms with van der Waals surface area (Å²) in [6, 6.07) is 9.26. The predicted molar refractivity (Wildman–Crippen MR) is 76.4 cm³/mol. The fourth-order valence-electron chi connectivity index (χ4n) is 1.97. The van der Waals surface area contributed by atoms with Gasteiger partial charge in [-0.05, 0) is 44.0 Å². The quantitative estimate of drug-likeness (QED) is 0.669. The number of hydrogen-bond donors (Lipinski definition) is 2. The van der Waals surface area contributed by atoms with E-state index in [1.165, 1.54) is 30.5 Å². The lowest BCUT2D eigenvalue weighted by Gasteiger charge is -2.15. The highest BCUT2D eigenvalue weighted by molar-refractivity contribution is 5.46. The molecule has 0 aliphatic carbocycles. The van der Waals surface area contributed by atoms with E-state index in [1.807, 2.05) is 0 Å². The van der Waals surface area contributed by atoms with Crippen LogP contribution in [0.2, 0.25) is 0 Å². The first-order chi connectivity index (χ1) is 8.26. The summed E-state index contributed by atoms with van der Waals surface area (Å²) in [6.07, 6.45) is 3.63. The lowest BCUT2D eigenvalue weighted by atomic mass is 10.1. The molecule has 1 aromatic rings. The van der Waals surface area contributed by atoms with Gasteiger partial charge in [0.25, 0.3) is 0 Å². The largest absolute Gasteiger partial charge is 0.383 e. The second kappa shape index (κ2) is 8.13. The molecule has 0 fully saturated rings. The van der Waals surface area contributed by atoms with Crippen molar-refractivity contribution in [3.63, 3.8) is 0 Å². The summed E-state index contributed by atoms with van der Waals surface area (Å²) in [6.45, 7) is 8.71. The molecule has 0 aliphatic heterocycles. The molecule has 0 aromatic heterocycles. The molecule has 0 heterocycles. The normalized spacial score (nSPS) is 12.4. The van der Waals surface area contributed by atoms with E-state index in [1.54, 1.807) is 0 Å². The lowest BCUT2D eigenvalue weighted by Crippen LogP contribution is -2.16. The summed E-state index contributed by atoms with van der Waals surface area (Å²) in [4.78, 5) is 0. The Labute approximate surface area is 106 Å². The van der Waals surface area contributed by atoms with Gasteiger partial charge in [-0.2, -0.15) is 0 Å².